The van der Waals surface area contributed by atoms with Gasteiger partial charge in [0, 0.05) is 17.3 Å². The lowest BCUT2D eigenvalue weighted by Gasteiger charge is -1.95. The fourth-order valence-electron chi connectivity index (χ4n) is 2.00. The van der Waals surface area contributed by atoms with Crippen LogP contribution >= 0.6 is 0 Å². The molecule has 20 heavy (non-hydrogen) atoms. The number of hydrogen-bond acceptors (Lipinski definition) is 5. The monoisotopic (exact) mass is 263 g/mol. The van der Waals surface area contributed by atoms with Gasteiger partial charge in [0.2, 0.25) is 5.82 Å². The average molecular weight is 263 g/mol. The summed E-state index contributed by atoms with van der Waals surface area (Å²) in [5.74, 6) is 1.05. The lowest BCUT2D eigenvalue weighted by atomic mass is 10.2. The Morgan fingerprint density at radius 2 is 1.85 bits per heavy atom. The molecule has 0 bridgehead atoms. The Morgan fingerprint density at radius 3 is 2.75 bits per heavy atom. The van der Waals surface area contributed by atoms with Crippen molar-refractivity contribution >= 4 is 5.65 Å². The molecular formula is C14H9N5O. The molecule has 4 rings (SSSR count). The van der Waals surface area contributed by atoms with Crippen LogP contribution in [0, 0.1) is 0 Å². The number of rotatable bonds is 2. The van der Waals surface area contributed by atoms with Crippen molar-refractivity contribution < 1.29 is 4.52 Å². The van der Waals surface area contributed by atoms with Crippen molar-refractivity contribution in [3.05, 3.63) is 55.0 Å². The summed E-state index contributed by atoms with van der Waals surface area (Å²) in [5.41, 5.74) is 2.53. The molecule has 0 amide bonds. The molecule has 0 N–H and O–H groups in total. The molecular weight excluding hydrogens is 254 g/mol. The second-order valence-electron chi connectivity index (χ2n) is 4.30. The maximum absolute atomic E-state index is 5.30. The van der Waals surface area contributed by atoms with Crippen LogP contribution in [0.5, 0.6) is 0 Å². The summed E-state index contributed by atoms with van der Waals surface area (Å²) in [6, 6.07) is 13.4. The molecule has 0 unspecified atom stereocenters. The SMILES string of the molecule is c1ccc(-c2nc(-c3ccc4nncn4c3)no2)cc1. The first-order chi connectivity index (χ1) is 9.90. The number of benzene rings is 1. The fraction of sp³-hybridized carbons (Fsp3) is 0. The quantitative estimate of drug-likeness (QED) is 0.555. The maximum atomic E-state index is 5.30. The molecule has 0 fully saturated rings. The molecule has 0 saturated carbocycles. The lowest BCUT2D eigenvalue weighted by molar-refractivity contribution is 0.432. The zero-order valence-electron chi connectivity index (χ0n) is 10.3. The van der Waals surface area contributed by atoms with E-state index in [1.165, 1.54) is 0 Å². The molecule has 0 spiro atoms. The summed E-state index contributed by atoms with van der Waals surface area (Å²) < 4.78 is 7.11. The number of aromatic nitrogens is 5. The Bertz CT molecular complexity index is 865. The van der Waals surface area contributed by atoms with E-state index in [2.05, 4.69) is 20.3 Å². The predicted molar refractivity (Wildman–Crippen MR) is 71.7 cm³/mol. The first kappa shape index (κ1) is 10.9. The summed E-state index contributed by atoms with van der Waals surface area (Å²) in [4.78, 5) is 4.41. The van der Waals surface area contributed by atoms with E-state index in [4.69, 9.17) is 4.52 Å². The van der Waals surface area contributed by atoms with Gasteiger partial charge in [-0.25, -0.2) is 0 Å². The van der Waals surface area contributed by atoms with Gasteiger partial charge in [-0.15, -0.1) is 10.2 Å². The third kappa shape index (κ3) is 1.74. The van der Waals surface area contributed by atoms with E-state index in [-0.39, 0.29) is 0 Å². The van der Waals surface area contributed by atoms with Crippen molar-refractivity contribution in [2.75, 3.05) is 0 Å². The molecule has 0 aliphatic carbocycles. The normalized spacial score (nSPS) is 11.0. The second-order valence-corrected chi connectivity index (χ2v) is 4.30. The first-order valence-electron chi connectivity index (χ1n) is 6.09. The van der Waals surface area contributed by atoms with Crippen LogP contribution in [0.15, 0.2) is 59.5 Å². The van der Waals surface area contributed by atoms with Crippen LogP contribution in [0.2, 0.25) is 0 Å². The molecule has 4 aromatic rings. The van der Waals surface area contributed by atoms with Gasteiger partial charge in [0.1, 0.15) is 6.33 Å². The van der Waals surface area contributed by atoms with E-state index in [9.17, 15) is 0 Å². The lowest BCUT2D eigenvalue weighted by Crippen LogP contribution is -1.87. The predicted octanol–water partition coefficient (Wildman–Crippen LogP) is 2.45. The molecule has 3 aromatic heterocycles. The van der Waals surface area contributed by atoms with E-state index in [0.29, 0.717) is 11.7 Å². The molecule has 96 valence electrons. The van der Waals surface area contributed by atoms with E-state index in [1.807, 2.05) is 53.1 Å². The van der Waals surface area contributed by atoms with Gasteiger partial charge in [-0.3, -0.25) is 4.40 Å². The van der Waals surface area contributed by atoms with Crippen molar-refractivity contribution in [2.24, 2.45) is 0 Å². The molecule has 0 saturated heterocycles. The number of nitrogens with zero attached hydrogens (tertiary/aromatic N) is 5. The third-order valence-electron chi connectivity index (χ3n) is 3.00. The van der Waals surface area contributed by atoms with Gasteiger partial charge in [-0.2, -0.15) is 4.98 Å². The van der Waals surface area contributed by atoms with Crippen molar-refractivity contribution in [1.82, 2.24) is 24.7 Å². The van der Waals surface area contributed by atoms with Crippen LogP contribution < -0.4 is 0 Å². The summed E-state index contributed by atoms with van der Waals surface area (Å²) in [6.45, 7) is 0. The van der Waals surface area contributed by atoms with Crippen molar-refractivity contribution in [2.45, 2.75) is 0 Å². The zero-order valence-corrected chi connectivity index (χ0v) is 10.3. The number of fused-ring (bicyclic) bond motifs is 1. The summed E-state index contributed by atoms with van der Waals surface area (Å²) >= 11 is 0. The molecule has 0 aliphatic rings. The topological polar surface area (TPSA) is 69.1 Å². The standard InChI is InChI=1S/C14H9N5O/c1-2-4-10(5-3-1)14-16-13(18-20-14)11-6-7-12-17-15-9-19(12)8-11/h1-9H. The molecule has 6 nitrogen and oxygen atoms in total. The van der Waals surface area contributed by atoms with Crippen LogP contribution in [0.4, 0.5) is 0 Å². The van der Waals surface area contributed by atoms with Crippen LogP contribution in [0.25, 0.3) is 28.5 Å². The third-order valence-corrected chi connectivity index (χ3v) is 3.00. The largest absolute Gasteiger partial charge is 0.334 e. The fourth-order valence-corrected chi connectivity index (χ4v) is 2.00. The van der Waals surface area contributed by atoms with Crippen molar-refractivity contribution in [1.29, 1.82) is 0 Å². The van der Waals surface area contributed by atoms with E-state index < -0.39 is 0 Å². The van der Waals surface area contributed by atoms with Crippen LogP contribution in [-0.2, 0) is 0 Å². The highest BCUT2D eigenvalue weighted by molar-refractivity contribution is 5.60. The van der Waals surface area contributed by atoms with Gasteiger partial charge in [0.25, 0.3) is 5.89 Å². The molecule has 0 atom stereocenters. The van der Waals surface area contributed by atoms with Gasteiger partial charge in [0.15, 0.2) is 5.65 Å². The minimum absolute atomic E-state index is 0.504. The Morgan fingerprint density at radius 1 is 0.950 bits per heavy atom. The molecule has 0 aliphatic heterocycles. The smallest absolute Gasteiger partial charge is 0.258 e. The van der Waals surface area contributed by atoms with Gasteiger partial charge in [0.05, 0.1) is 0 Å². The van der Waals surface area contributed by atoms with Crippen molar-refractivity contribution in [3.63, 3.8) is 0 Å². The number of pyridine rings is 1. The van der Waals surface area contributed by atoms with Gasteiger partial charge >= 0.3 is 0 Å². The zero-order chi connectivity index (χ0) is 13.4. The first-order valence-corrected chi connectivity index (χ1v) is 6.09. The average Bonchev–Trinajstić information content (AvgIpc) is 3.16. The molecule has 3 heterocycles. The molecule has 0 radical (unpaired) electrons. The minimum Gasteiger partial charge on any atom is -0.334 e. The van der Waals surface area contributed by atoms with Crippen LogP contribution in [0.1, 0.15) is 0 Å². The van der Waals surface area contributed by atoms with Crippen LogP contribution in [-0.4, -0.2) is 24.7 Å². The Balaban J connectivity index is 1.77. The molecule has 6 heteroatoms. The second kappa shape index (κ2) is 4.27. The van der Waals surface area contributed by atoms with Crippen LogP contribution in [0.3, 0.4) is 0 Å². The highest BCUT2D eigenvalue weighted by Gasteiger charge is 2.10. The van der Waals surface area contributed by atoms with E-state index in [1.54, 1.807) is 6.33 Å². The molecule has 1 aromatic carbocycles. The summed E-state index contributed by atoms with van der Waals surface area (Å²) in [6.07, 6.45) is 3.51. The van der Waals surface area contributed by atoms with Crippen molar-refractivity contribution in [3.8, 4) is 22.8 Å². The Labute approximate surface area is 113 Å². The van der Waals surface area contributed by atoms with Gasteiger partial charge in [-0.05, 0) is 24.3 Å². The van der Waals surface area contributed by atoms with Gasteiger partial charge < -0.3 is 4.52 Å². The highest BCUT2D eigenvalue weighted by Crippen LogP contribution is 2.21. The summed E-state index contributed by atoms with van der Waals surface area (Å²) in [5, 5.41) is 11.8. The van der Waals surface area contributed by atoms with E-state index in [0.717, 1.165) is 16.8 Å². The summed E-state index contributed by atoms with van der Waals surface area (Å²) in [7, 11) is 0. The van der Waals surface area contributed by atoms with E-state index >= 15 is 0 Å². The Hall–Kier alpha value is -3.02. The number of hydrogen-bond donors (Lipinski definition) is 0. The Kier molecular flexibility index (Phi) is 2.32. The highest BCUT2D eigenvalue weighted by atomic mass is 16.5. The maximum Gasteiger partial charge on any atom is 0.258 e. The minimum atomic E-state index is 0.504. The van der Waals surface area contributed by atoms with Gasteiger partial charge in [-0.1, -0.05) is 23.4 Å².